The first kappa shape index (κ1) is 13.8. The van der Waals surface area contributed by atoms with E-state index in [9.17, 15) is 0 Å². The van der Waals surface area contributed by atoms with Gasteiger partial charge in [-0.1, -0.05) is 35.0 Å². The van der Waals surface area contributed by atoms with E-state index in [1.54, 1.807) is 0 Å². The third kappa shape index (κ3) is 3.70. The number of hydrogen-bond donors (Lipinski definition) is 1. The lowest BCUT2D eigenvalue weighted by molar-refractivity contribution is 0.405. The molecule has 0 bridgehead atoms. The molecule has 4 heteroatoms. The maximum Gasteiger partial charge on any atom is 0.169 e. The van der Waals surface area contributed by atoms with Crippen molar-refractivity contribution >= 4 is 31.9 Å². The van der Waals surface area contributed by atoms with E-state index in [-0.39, 0.29) is 6.04 Å². The van der Waals surface area contributed by atoms with Gasteiger partial charge < -0.3 is 9.73 Å². The van der Waals surface area contributed by atoms with Gasteiger partial charge >= 0.3 is 0 Å². The second-order valence-electron chi connectivity index (χ2n) is 4.08. The van der Waals surface area contributed by atoms with Crippen LogP contribution in [0.15, 0.2) is 50.0 Å². The predicted octanol–water partition coefficient (Wildman–Crippen LogP) is 4.70. The molecule has 1 unspecified atom stereocenters. The number of benzene rings is 1. The summed E-state index contributed by atoms with van der Waals surface area (Å²) in [7, 11) is 0. The molecular weight excluding hydrogens is 358 g/mol. The molecule has 0 amide bonds. The lowest BCUT2D eigenvalue weighted by Crippen LogP contribution is -2.22. The number of halogens is 2. The van der Waals surface area contributed by atoms with Gasteiger partial charge in [-0.25, -0.2) is 0 Å². The summed E-state index contributed by atoms with van der Waals surface area (Å²) in [6.45, 7) is 3.02. The summed E-state index contributed by atoms with van der Waals surface area (Å²) in [4.78, 5) is 0. The van der Waals surface area contributed by atoms with Crippen LogP contribution in [0.2, 0.25) is 0 Å². The van der Waals surface area contributed by atoms with Crippen LogP contribution in [0.3, 0.4) is 0 Å². The highest BCUT2D eigenvalue weighted by molar-refractivity contribution is 9.10. The topological polar surface area (TPSA) is 25.2 Å². The van der Waals surface area contributed by atoms with Crippen LogP contribution in [0.25, 0.3) is 0 Å². The van der Waals surface area contributed by atoms with Gasteiger partial charge in [0, 0.05) is 4.47 Å². The summed E-state index contributed by atoms with van der Waals surface area (Å²) in [5, 5.41) is 3.45. The van der Waals surface area contributed by atoms with E-state index in [0.29, 0.717) is 0 Å². The molecule has 0 aliphatic rings. The van der Waals surface area contributed by atoms with E-state index in [1.807, 2.05) is 12.1 Å². The smallest absolute Gasteiger partial charge is 0.169 e. The second-order valence-corrected chi connectivity index (χ2v) is 5.78. The van der Waals surface area contributed by atoms with Gasteiger partial charge in [0.2, 0.25) is 0 Å². The second kappa shape index (κ2) is 6.55. The van der Waals surface area contributed by atoms with Gasteiger partial charge in [-0.15, -0.1) is 0 Å². The van der Waals surface area contributed by atoms with Crippen LogP contribution in [-0.4, -0.2) is 6.54 Å². The van der Waals surface area contributed by atoms with Crippen molar-refractivity contribution in [2.75, 3.05) is 6.54 Å². The van der Waals surface area contributed by atoms with E-state index in [0.717, 1.165) is 27.9 Å². The van der Waals surface area contributed by atoms with Crippen LogP contribution in [0.4, 0.5) is 0 Å². The molecule has 0 spiro atoms. The molecule has 0 aliphatic carbocycles. The average Bonchev–Trinajstić information content (AvgIpc) is 2.78. The Bertz CT molecular complexity index is 493. The Morgan fingerprint density at radius 2 is 1.83 bits per heavy atom. The fraction of sp³-hybridized carbons (Fsp3) is 0.286. The summed E-state index contributed by atoms with van der Waals surface area (Å²) in [6, 6.07) is 12.5. The first-order valence-corrected chi connectivity index (χ1v) is 7.50. The monoisotopic (exact) mass is 371 g/mol. The fourth-order valence-corrected chi connectivity index (χ4v) is 2.47. The molecule has 0 aliphatic heterocycles. The highest BCUT2D eigenvalue weighted by Crippen LogP contribution is 2.24. The van der Waals surface area contributed by atoms with Crippen LogP contribution >= 0.6 is 31.9 Å². The lowest BCUT2D eigenvalue weighted by Gasteiger charge is -2.15. The molecule has 96 valence electrons. The summed E-state index contributed by atoms with van der Waals surface area (Å²) in [5.74, 6) is 0.964. The summed E-state index contributed by atoms with van der Waals surface area (Å²) >= 11 is 6.80. The normalized spacial score (nSPS) is 12.6. The van der Waals surface area contributed by atoms with E-state index in [1.165, 1.54) is 5.56 Å². The van der Waals surface area contributed by atoms with Gasteiger partial charge in [0.25, 0.3) is 0 Å². The zero-order valence-electron chi connectivity index (χ0n) is 10.1. The zero-order valence-corrected chi connectivity index (χ0v) is 13.3. The van der Waals surface area contributed by atoms with Crippen molar-refractivity contribution in [2.24, 2.45) is 0 Å². The van der Waals surface area contributed by atoms with Crippen molar-refractivity contribution in [1.82, 2.24) is 5.32 Å². The molecule has 2 nitrogen and oxygen atoms in total. The molecule has 2 rings (SSSR count). The van der Waals surface area contributed by atoms with Crippen molar-refractivity contribution in [1.29, 1.82) is 0 Å². The number of rotatable bonds is 5. The Hall–Kier alpha value is -0.580. The SMILES string of the molecule is CCNC(Cc1ccc(Br)cc1)c1ccc(Br)o1. The van der Waals surface area contributed by atoms with Crippen LogP contribution in [0, 0.1) is 0 Å². The third-order valence-electron chi connectivity index (χ3n) is 2.74. The molecule has 0 saturated carbocycles. The molecule has 1 aromatic carbocycles. The minimum Gasteiger partial charge on any atom is -0.453 e. The lowest BCUT2D eigenvalue weighted by atomic mass is 10.0. The molecular formula is C14H15Br2NO. The van der Waals surface area contributed by atoms with Gasteiger partial charge in [0.05, 0.1) is 6.04 Å². The minimum absolute atomic E-state index is 0.211. The van der Waals surface area contributed by atoms with Crippen molar-refractivity contribution in [3.8, 4) is 0 Å². The maximum absolute atomic E-state index is 5.64. The first-order chi connectivity index (χ1) is 8.69. The Morgan fingerprint density at radius 1 is 1.11 bits per heavy atom. The van der Waals surface area contributed by atoms with Gasteiger partial charge in [0.1, 0.15) is 5.76 Å². The first-order valence-electron chi connectivity index (χ1n) is 5.92. The fourth-order valence-electron chi connectivity index (χ4n) is 1.89. The molecule has 18 heavy (non-hydrogen) atoms. The Kier molecular flexibility index (Phi) is 5.03. The molecule has 1 atom stereocenters. The van der Waals surface area contributed by atoms with Gasteiger partial charge in [-0.3, -0.25) is 0 Å². The van der Waals surface area contributed by atoms with Crippen molar-refractivity contribution < 1.29 is 4.42 Å². The number of furan rings is 1. The highest BCUT2D eigenvalue weighted by Gasteiger charge is 2.14. The summed E-state index contributed by atoms with van der Waals surface area (Å²) < 4.78 is 7.52. The number of hydrogen-bond acceptors (Lipinski definition) is 2. The quantitative estimate of drug-likeness (QED) is 0.822. The molecule has 0 saturated heterocycles. The van der Waals surface area contributed by atoms with Crippen molar-refractivity contribution in [2.45, 2.75) is 19.4 Å². The largest absolute Gasteiger partial charge is 0.453 e. The molecule has 2 aromatic rings. The van der Waals surface area contributed by atoms with Gasteiger partial charge in [-0.2, -0.15) is 0 Å². The van der Waals surface area contributed by atoms with Crippen molar-refractivity contribution in [3.63, 3.8) is 0 Å². The summed E-state index contributed by atoms with van der Waals surface area (Å²) in [6.07, 6.45) is 0.918. The molecule has 1 aromatic heterocycles. The van der Waals surface area contributed by atoms with E-state index < -0.39 is 0 Å². The maximum atomic E-state index is 5.64. The van der Waals surface area contributed by atoms with Crippen LogP contribution in [0.1, 0.15) is 24.3 Å². The van der Waals surface area contributed by atoms with Gasteiger partial charge in [0.15, 0.2) is 4.67 Å². The third-order valence-corrected chi connectivity index (χ3v) is 3.70. The Labute approximate surface area is 124 Å². The number of nitrogens with one attached hydrogen (secondary N) is 1. The van der Waals surface area contributed by atoms with Crippen LogP contribution < -0.4 is 5.32 Å². The average molecular weight is 373 g/mol. The minimum atomic E-state index is 0.211. The zero-order chi connectivity index (χ0) is 13.0. The molecule has 0 radical (unpaired) electrons. The van der Waals surface area contributed by atoms with E-state index in [2.05, 4.69) is 68.4 Å². The highest BCUT2D eigenvalue weighted by atomic mass is 79.9. The standard InChI is InChI=1S/C14H15Br2NO/c1-2-17-12(13-7-8-14(16)18-13)9-10-3-5-11(15)6-4-10/h3-8,12,17H,2,9H2,1H3. The van der Waals surface area contributed by atoms with Crippen LogP contribution in [0.5, 0.6) is 0 Å². The Balaban J connectivity index is 2.13. The van der Waals surface area contributed by atoms with E-state index in [4.69, 9.17) is 4.42 Å². The molecule has 1 heterocycles. The summed E-state index contributed by atoms with van der Waals surface area (Å²) in [5.41, 5.74) is 1.29. The van der Waals surface area contributed by atoms with E-state index >= 15 is 0 Å². The number of likely N-dealkylation sites (N-methyl/N-ethyl adjacent to an activating group) is 1. The van der Waals surface area contributed by atoms with Gasteiger partial charge in [-0.05, 0) is 58.7 Å². The van der Waals surface area contributed by atoms with Crippen molar-refractivity contribution in [3.05, 3.63) is 56.9 Å². The molecule has 1 N–H and O–H groups in total. The predicted molar refractivity (Wildman–Crippen MR) is 80.7 cm³/mol. The van der Waals surface area contributed by atoms with Crippen LogP contribution in [-0.2, 0) is 6.42 Å². The Morgan fingerprint density at radius 3 is 2.39 bits per heavy atom. The molecule has 0 fully saturated rings.